The second-order valence-electron chi connectivity index (χ2n) is 4.85. The van der Waals surface area contributed by atoms with Gasteiger partial charge in [0.2, 0.25) is 0 Å². The van der Waals surface area contributed by atoms with E-state index in [0.717, 1.165) is 26.0 Å². The molecule has 1 fully saturated rings. The Bertz CT molecular complexity index is 513. The Labute approximate surface area is 120 Å². The first-order valence-corrected chi connectivity index (χ1v) is 6.53. The molecule has 0 amide bonds. The van der Waals surface area contributed by atoms with E-state index in [-0.39, 0.29) is 5.75 Å². The van der Waals surface area contributed by atoms with Crippen LogP contribution in [-0.4, -0.2) is 25.7 Å². The number of benzene rings is 1. The fourth-order valence-corrected chi connectivity index (χ4v) is 1.78. The van der Waals surface area contributed by atoms with Crippen LogP contribution in [0.1, 0.15) is 24.0 Å². The fraction of sp³-hybridized carbons (Fsp3) is 0.500. The van der Waals surface area contributed by atoms with E-state index in [0.29, 0.717) is 18.2 Å². The standard InChI is InChI=1S/C14H16F3NO3/c1-20-13(19)8-21-12-5-2-9(7-18-10-3-4-10)6-11(12)14(15,16)17/h2,5-6,10,18H,3-4,7-8H2,1H3. The molecular weight excluding hydrogens is 287 g/mol. The number of nitrogens with one attached hydrogen (secondary N) is 1. The highest BCUT2D eigenvalue weighted by Gasteiger charge is 2.35. The van der Waals surface area contributed by atoms with E-state index < -0.39 is 24.3 Å². The van der Waals surface area contributed by atoms with Crippen LogP contribution in [0.25, 0.3) is 0 Å². The van der Waals surface area contributed by atoms with Gasteiger partial charge in [-0.2, -0.15) is 13.2 Å². The van der Waals surface area contributed by atoms with Crippen molar-refractivity contribution >= 4 is 5.97 Å². The van der Waals surface area contributed by atoms with Crippen molar-refractivity contribution in [3.8, 4) is 5.75 Å². The molecule has 116 valence electrons. The van der Waals surface area contributed by atoms with Crippen LogP contribution in [0.15, 0.2) is 18.2 Å². The summed E-state index contributed by atoms with van der Waals surface area (Å²) in [5.74, 6) is -1.11. The maximum Gasteiger partial charge on any atom is 0.419 e. The maximum absolute atomic E-state index is 13.0. The van der Waals surface area contributed by atoms with Gasteiger partial charge in [-0.15, -0.1) is 0 Å². The average molecular weight is 303 g/mol. The molecule has 0 unspecified atom stereocenters. The second kappa shape index (κ2) is 6.34. The summed E-state index contributed by atoms with van der Waals surface area (Å²) in [6.07, 6.45) is -2.42. The van der Waals surface area contributed by atoms with Crippen molar-refractivity contribution in [3.05, 3.63) is 29.3 Å². The zero-order valence-electron chi connectivity index (χ0n) is 11.5. The summed E-state index contributed by atoms with van der Waals surface area (Å²) in [5, 5.41) is 3.15. The van der Waals surface area contributed by atoms with Crippen molar-refractivity contribution in [1.82, 2.24) is 5.32 Å². The molecule has 0 aliphatic heterocycles. The molecular formula is C14H16F3NO3. The molecule has 0 bridgehead atoms. The van der Waals surface area contributed by atoms with Gasteiger partial charge >= 0.3 is 12.1 Å². The number of esters is 1. The first-order chi connectivity index (χ1) is 9.90. The van der Waals surface area contributed by atoms with Gasteiger partial charge in [-0.25, -0.2) is 4.79 Å². The minimum atomic E-state index is -4.54. The minimum Gasteiger partial charge on any atom is -0.481 e. The van der Waals surface area contributed by atoms with Crippen LogP contribution >= 0.6 is 0 Å². The van der Waals surface area contributed by atoms with Crippen molar-refractivity contribution < 1.29 is 27.4 Å². The molecule has 0 heterocycles. The van der Waals surface area contributed by atoms with Crippen LogP contribution in [-0.2, 0) is 22.3 Å². The fourth-order valence-electron chi connectivity index (χ4n) is 1.78. The molecule has 1 aliphatic carbocycles. The number of carbonyl (C=O) groups excluding carboxylic acids is 1. The first kappa shape index (κ1) is 15.6. The van der Waals surface area contributed by atoms with Gasteiger partial charge in [-0.3, -0.25) is 0 Å². The van der Waals surface area contributed by atoms with Crippen LogP contribution < -0.4 is 10.1 Å². The van der Waals surface area contributed by atoms with Crippen molar-refractivity contribution in [1.29, 1.82) is 0 Å². The Balaban J connectivity index is 2.12. The van der Waals surface area contributed by atoms with Crippen molar-refractivity contribution in [2.45, 2.75) is 31.6 Å². The van der Waals surface area contributed by atoms with E-state index in [1.165, 1.54) is 6.07 Å². The number of rotatable bonds is 6. The molecule has 0 radical (unpaired) electrons. The molecule has 0 spiro atoms. The number of hydrogen-bond acceptors (Lipinski definition) is 4. The molecule has 4 nitrogen and oxygen atoms in total. The van der Waals surface area contributed by atoms with Gasteiger partial charge in [0.05, 0.1) is 12.7 Å². The zero-order chi connectivity index (χ0) is 15.5. The molecule has 1 aromatic rings. The number of alkyl halides is 3. The first-order valence-electron chi connectivity index (χ1n) is 6.53. The van der Waals surface area contributed by atoms with Crippen LogP contribution in [0.2, 0.25) is 0 Å². The van der Waals surface area contributed by atoms with E-state index in [1.807, 2.05) is 0 Å². The summed E-state index contributed by atoms with van der Waals surface area (Å²) >= 11 is 0. The van der Waals surface area contributed by atoms with Crippen LogP contribution in [0.5, 0.6) is 5.75 Å². The second-order valence-corrected chi connectivity index (χ2v) is 4.85. The van der Waals surface area contributed by atoms with Gasteiger partial charge < -0.3 is 14.8 Å². The van der Waals surface area contributed by atoms with Crippen LogP contribution in [0.3, 0.4) is 0 Å². The van der Waals surface area contributed by atoms with Crippen molar-refractivity contribution in [2.75, 3.05) is 13.7 Å². The Kier molecular flexibility index (Phi) is 4.72. The summed E-state index contributed by atoms with van der Waals surface area (Å²) in [6, 6.07) is 4.24. The van der Waals surface area contributed by atoms with Crippen LogP contribution in [0, 0.1) is 0 Å². The number of hydrogen-bond donors (Lipinski definition) is 1. The summed E-state index contributed by atoms with van der Waals surface area (Å²) in [7, 11) is 1.14. The third-order valence-corrected chi connectivity index (χ3v) is 3.09. The highest BCUT2D eigenvalue weighted by atomic mass is 19.4. The SMILES string of the molecule is COC(=O)COc1ccc(CNC2CC2)cc1C(F)(F)F. The Morgan fingerprint density at radius 3 is 2.67 bits per heavy atom. The summed E-state index contributed by atoms with van der Waals surface area (Å²) < 4.78 is 48.3. The molecule has 21 heavy (non-hydrogen) atoms. The molecule has 7 heteroatoms. The zero-order valence-corrected chi connectivity index (χ0v) is 11.5. The quantitative estimate of drug-likeness (QED) is 0.820. The van der Waals surface area contributed by atoms with Gasteiger partial charge in [-0.05, 0) is 30.5 Å². The third-order valence-electron chi connectivity index (χ3n) is 3.09. The van der Waals surface area contributed by atoms with E-state index in [4.69, 9.17) is 4.74 Å². The summed E-state index contributed by atoms with van der Waals surface area (Å²) in [6.45, 7) is -0.176. The van der Waals surface area contributed by atoms with E-state index in [1.54, 1.807) is 6.07 Å². The van der Waals surface area contributed by atoms with Crippen LogP contribution in [0.4, 0.5) is 13.2 Å². The van der Waals surface area contributed by atoms with E-state index in [2.05, 4.69) is 10.1 Å². The molecule has 0 atom stereocenters. The third kappa shape index (κ3) is 4.63. The predicted molar refractivity (Wildman–Crippen MR) is 68.8 cm³/mol. The van der Waals surface area contributed by atoms with E-state index in [9.17, 15) is 18.0 Å². The molecule has 1 N–H and O–H groups in total. The lowest BCUT2D eigenvalue weighted by molar-refractivity contribution is -0.145. The summed E-state index contributed by atoms with van der Waals surface area (Å²) in [4.78, 5) is 11.0. The minimum absolute atomic E-state index is 0.372. The van der Waals surface area contributed by atoms with E-state index >= 15 is 0 Å². The average Bonchev–Trinajstić information content (AvgIpc) is 3.26. The molecule has 1 aromatic carbocycles. The highest BCUT2D eigenvalue weighted by molar-refractivity contribution is 5.71. The van der Waals surface area contributed by atoms with Gasteiger partial charge in [0.15, 0.2) is 6.61 Å². The lowest BCUT2D eigenvalue weighted by atomic mass is 10.1. The maximum atomic E-state index is 13.0. The molecule has 1 aliphatic rings. The van der Waals surface area contributed by atoms with Gasteiger partial charge in [0.1, 0.15) is 5.75 Å². The highest BCUT2D eigenvalue weighted by Crippen LogP contribution is 2.37. The number of carbonyl (C=O) groups is 1. The monoisotopic (exact) mass is 303 g/mol. The van der Waals surface area contributed by atoms with Gasteiger partial charge in [-0.1, -0.05) is 6.07 Å². The predicted octanol–water partition coefficient (Wildman–Crippen LogP) is 2.51. The number of ether oxygens (including phenoxy) is 2. The number of methoxy groups -OCH3 is 1. The van der Waals surface area contributed by atoms with Gasteiger partial charge in [0.25, 0.3) is 0 Å². The van der Waals surface area contributed by atoms with Crippen molar-refractivity contribution in [3.63, 3.8) is 0 Å². The topological polar surface area (TPSA) is 47.6 Å². The Morgan fingerprint density at radius 2 is 2.10 bits per heavy atom. The van der Waals surface area contributed by atoms with Crippen molar-refractivity contribution in [2.24, 2.45) is 0 Å². The number of halogens is 3. The Hall–Kier alpha value is -1.76. The molecule has 2 rings (SSSR count). The lowest BCUT2D eigenvalue weighted by Gasteiger charge is -2.15. The summed E-state index contributed by atoms with van der Waals surface area (Å²) in [5.41, 5.74) is -0.360. The Morgan fingerprint density at radius 1 is 1.38 bits per heavy atom. The molecule has 0 aromatic heterocycles. The smallest absolute Gasteiger partial charge is 0.419 e. The largest absolute Gasteiger partial charge is 0.481 e. The lowest BCUT2D eigenvalue weighted by Crippen LogP contribution is -2.18. The molecule has 0 saturated heterocycles. The molecule has 1 saturated carbocycles. The van der Waals surface area contributed by atoms with Gasteiger partial charge in [0, 0.05) is 12.6 Å². The normalized spacial score (nSPS) is 14.9.